The summed E-state index contributed by atoms with van der Waals surface area (Å²) in [5.74, 6) is 0.144. The normalized spacial score (nSPS) is 11.4. The van der Waals surface area contributed by atoms with Crippen LogP contribution in [0.15, 0.2) is 66.9 Å². The Labute approximate surface area is 172 Å². The zero-order valence-corrected chi connectivity index (χ0v) is 16.6. The molecule has 2 N–H and O–H groups in total. The van der Waals surface area contributed by atoms with Gasteiger partial charge in [-0.15, -0.1) is 0 Å². The Morgan fingerprint density at radius 1 is 1.03 bits per heavy atom. The smallest absolute Gasteiger partial charge is 0.258 e. The number of imidazole rings is 1. The fourth-order valence-corrected chi connectivity index (χ4v) is 3.53. The number of carbonyl (C=O) groups excluding carboxylic acids is 1. The first kappa shape index (κ1) is 18.1. The van der Waals surface area contributed by atoms with Crippen molar-refractivity contribution >= 4 is 33.9 Å². The van der Waals surface area contributed by atoms with Crippen molar-refractivity contribution in [2.24, 2.45) is 0 Å². The fourth-order valence-electron chi connectivity index (χ4n) is 3.53. The van der Waals surface area contributed by atoms with E-state index in [4.69, 9.17) is 4.98 Å². The summed E-state index contributed by atoms with van der Waals surface area (Å²) in [5.41, 5.74) is 4.51. The van der Waals surface area contributed by atoms with Crippen molar-refractivity contribution in [2.75, 3.05) is 5.32 Å². The number of hydrogen-bond donors (Lipinski definition) is 2. The standard InChI is InChI=1S/C23H20N6O/c1-14(2)29-21-17(13-24-29)16(12-20(25-21)15-8-4-3-5-9-15)22(30)28-23-26-18-10-6-7-11-19(18)27-23/h3-14H,1-2H3,(H2,26,27,28,30). The second kappa shape index (κ2) is 7.11. The van der Waals surface area contributed by atoms with Gasteiger partial charge < -0.3 is 4.98 Å². The first-order valence-corrected chi connectivity index (χ1v) is 9.80. The zero-order valence-electron chi connectivity index (χ0n) is 16.6. The number of aromatic amines is 1. The van der Waals surface area contributed by atoms with Crippen molar-refractivity contribution in [3.05, 3.63) is 72.4 Å². The largest absolute Gasteiger partial charge is 0.324 e. The molecule has 0 unspecified atom stereocenters. The van der Waals surface area contributed by atoms with Gasteiger partial charge in [0.1, 0.15) is 0 Å². The lowest BCUT2D eigenvalue weighted by atomic mass is 10.1. The van der Waals surface area contributed by atoms with E-state index in [1.165, 1.54) is 0 Å². The maximum Gasteiger partial charge on any atom is 0.258 e. The predicted molar refractivity (Wildman–Crippen MR) is 117 cm³/mol. The lowest BCUT2D eigenvalue weighted by Crippen LogP contribution is -2.14. The van der Waals surface area contributed by atoms with Gasteiger partial charge in [0.05, 0.1) is 33.9 Å². The van der Waals surface area contributed by atoms with Crippen molar-refractivity contribution in [3.8, 4) is 11.3 Å². The highest BCUT2D eigenvalue weighted by atomic mass is 16.1. The van der Waals surface area contributed by atoms with Gasteiger partial charge in [0.15, 0.2) is 5.65 Å². The molecule has 0 saturated heterocycles. The van der Waals surface area contributed by atoms with E-state index in [2.05, 4.69) is 20.4 Å². The Bertz CT molecular complexity index is 1330. The molecule has 5 rings (SSSR count). The molecule has 5 aromatic rings. The molecule has 148 valence electrons. The summed E-state index contributed by atoms with van der Waals surface area (Å²) in [6.07, 6.45) is 1.70. The number of carbonyl (C=O) groups is 1. The molecule has 3 heterocycles. The third-order valence-corrected chi connectivity index (χ3v) is 4.99. The Balaban J connectivity index is 1.62. The topological polar surface area (TPSA) is 88.5 Å². The number of amides is 1. The summed E-state index contributed by atoms with van der Waals surface area (Å²) in [6, 6.07) is 19.4. The van der Waals surface area contributed by atoms with Gasteiger partial charge >= 0.3 is 0 Å². The molecule has 0 bridgehead atoms. The maximum atomic E-state index is 13.2. The highest BCUT2D eigenvalue weighted by Crippen LogP contribution is 2.27. The molecule has 1 amide bonds. The van der Waals surface area contributed by atoms with E-state index in [9.17, 15) is 4.79 Å². The minimum Gasteiger partial charge on any atom is -0.324 e. The molecule has 30 heavy (non-hydrogen) atoms. The van der Waals surface area contributed by atoms with Crippen LogP contribution < -0.4 is 5.32 Å². The summed E-state index contributed by atoms with van der Waals surface area (Å²) in [5, 5.41) is 8.06. The number of nitrogens with one attached hydrogen (secondary N) is 2. The van der Waals surface area contributed by atoms with Gasteiger partial charge in [-0.3, -0.25) is 10.1 Å². The van der Waals surface area contributed by atoms with Crippen LogP contribution in [-0.4, -0.2) is 30.6 Å². The first-order valence-electron chi connectivity index (χ1n) is 9.80. The predicted octanol–water partition coefficient (Wildman–Crippen LogP) is 4.81. The van der Waals surface area contributed by atoms with Crippen LogP contribution in [-0.2, 0) is 0 Å². The maximum absolute atomic E-state index is 13.2. The lowest BCUT2D eigenvalue weighted by molar-refractivity contribution is 0.102. The number of rotatable bonds is 4. The molecule has 3 aromatic heterocycles. The highest BCUT2D eigenvalue weighted by molar-refractivity contribution is 6.12. The molecular formula is C23H20N6O. The summed E-state index contributed by atoms with van der Waals surface area (Å²) in [7, 11) is 0. The number of nitrogens with zero attached hydrogens (tertiary/aromatic N) is 4. The number of pyridine rings is 1. The van der Waals surface area contributed by atoms with Gasteiger partial charge in [-0.1, -0.05) is 42.5 Å². The first-order chi connectivity index (χ1) is 14.6. The monoisotopic (exact) mass is 396 g/mol. The van der Waals surface area contributed by atoms with Crippen LogP contribution in [0.3, 0.4) is 0 Å². The molecule has 0 saturated carbocycles. The average molecular weight is 396 g/mol. The molecular weight excluding hydrogens is 376 g/mol. The third-order valence-electron chi connectivity index (χ3n) is 4.99. The van der Waals surface area contributed by atoms with E-state index in [1.807, 2.05) is 79.2 Å². The Hall–Kier alpha value is -4.00. The number of para-hydroxylation sites is 2. The van der Waals surface area contributed by atoms with E-state index in [0.717, 1.165) is 22.3 Å². The summed E-state index contributed by atoms with van der Waals surface area (Å²) in [6.45, 7) is 4.08. The minimum absolute atomic E-state index is 0.118. The SMILES string of the molecule is CC(C)n1ncc2c(C(=O)Nc3nc4ccccc4[nH]3)cc(-c3ccccc3)nc21. The van der Waals surface area contributed by atoms with E-state index in [1.54, 1.807) is 6.20 Å². The van der Waals surface area contributed by atoms with Gasteiger partial charge in [-0.25, -0.2) is 14.6 Å². The molecule has 7 heteroatoms. The molecule has 0 aliphatic heterocycles. The van der Waals surface area contributed by atoms with Gasteiger partial charge in [-0.05, 0) is 32.0 Å². The Kier molecular flexibility index (Phi) is 4.28. The quantitative estimate of drug-likeness (QED) is 0.456. The summed E-state index contributed by atoms with van der Waals surface area (Å²) < 4.78 is 1.83. The number of benzene rings is 2. The van der Waals surface area contributed by atoms with Crippen molar-refractivity contribution in [1.29, 1.82) is 0 Å². The van der Waals surface area contributed by atoms with Crippen molar-refractivity contribution in [2.45, 2.75) is 19.9 Å². The van der Waals surface area contributed by atoms with E-state index in [-0.39, 0.29) is 11.9 Å². The van der Waals surface area contributed by atoms with Crippen LogP contribution >= 0.6 is 0 Å². The third kappa shape index (κ3) is 3.10. The molecule has 7 nitrogen and oxygen atoms in total. The molecule has 2 aromatic carbocycles. The Morgan fingerprint density at radius 3 is 2.57 bits per heavy atom. The van der Waals surface area contributed by atoms with Crippen LogP contribution in [0.25, 0.3) is 33.3 Å². The lowest BCUT2D eigenvalue weighted by Gasteiger charge is -2.10. The molecule has 0 aliphatic carbocycles. The van der Waals surface area contributed by atoms with Crippen LogP contribution in [0.4, 0.5) is 5.95 Å². The van der Waals surface area contributed by atoms with E-state index >= 15 is 0 Å². The number of aromatic nitrogens is 5. The van der Waals surface area contributed by atoms with Crippen molar-refractivity contribution in [1.82, 2.24) is 24.7 Å². The van der Waals surface area contributed by atoms with Gasteiger partial charge in [0, 0.05) is 11.6 Å². The van der Waals surface area contributed by atoms with Crippen molar-refractivity contribution in [3.63, 3.8) is 0 Å². The van der Waals surface area contributed by atoms with Crippen LogP contribution in [0.2, 0.25) is 0 Å². The van der Waals surface area contributed by atoms with Gasteiger partial charge in [-0.2, -0.15) is 5.10 Å². The number of hydrogen-bond acceptors (Lipinski definition) is 4. The van der Waals surface area contributed by atoms with Gasteiger partial charge in [0.2, 0.25) is 5.95 Å². The molecule has 0 atom stereocenters. The minimum atomic E-state index is -0.262. The Morgan fingerprint density at radius 2 is 1.80 bits per heavy atom. The molecule has 0 spiro atoms. The van der Waals surface area contributed by atoms with Crippen LogP contribution in [0.5, 0.6) is 0 Å². The van der Waals surface area contributed by atoms with E-state index < -0.39 is 0 Å². The fraction of sp³-hybridized carbons (Fsp3) is 0.130. The second-order valence-corrected chi connectivity index (χ2v) is 7.40. The average Bonchev–Trinajstić information content (AvgIpc) is 3.37. The number of anilines is 1. The molecule has 0 radical (unpaired) electrons. The number of fused-ring (bicyclic) bond motifs is 2. The van der Waals surface area contributed by atoms with Crippen LogP contribution in [0.1, 0.15) is 30.2 Å². The zero-order chi connectivity index (χ0) is 20.7. The second-order valence-electron chi connectivity index (χ2n) is 7.40. The number of H-pyrrole nitrogens is 1. The van der Waals surface area contributed by atoms with E-state index in [0.29, 0.717) is 22.5 Å². The van der Waals surface area contributed by atoms with Crippen molar-refractivity contribution < 1.29 is 4.79 Å². The summed E-state index contributed by atoms with van der Waals surface area (Å²) in [4.78, 5) is 25.6. The highest BCUT2D eigenvalue weighted by Gasteiger charge is 2.19. The molecule has 0 aliphatic rings. The summed E-state index contributed by atoms with van der Waals surface area (Å²) >= 11 is 0. The van der Waals surface area contributed by atoms with Gasteiger partial charge in [0.25, 0.3) is 5.91 Å². The van der Waals surface area contributed by atoms with Crippen LogP contribution in [0, 0.1) is 0 Å². The molecule has 0 fully saturated rings.